The van der Waals surface area contributed by atoms with Gasteiger partial charge in [-0.3, -0.25) is 8.68 Å². The molecule has 0 spiro atoms. The summed E-state index contributed by atoms with van der Waals surface area (Å²) in [5, 5.41) is 2.36. The normalized spacial score (nSPS) is 13.1. The standard InChI is InChI=1S/C46H56ClN2O2P/c1-43(2,3)35-25-29(26-36(41(35)50-13)44(4,5)6)31-17-15-19-39-33(31)21-23-48(39)52(47)49-24-22-34-32(18-16-20-40(34)49)30-27-37(45(7,8)9)42(51-14)38(28-30)46(10,11)12/h15-28H,1-14H3. The van der Waals surface area contributed by atoms with Crippen molar-refractivity contribution in [3.63, 3.8) is 0 Å². The minimum Gasteiger partial charge on any atom is -0.496 e. The van der Waals surface area contributed by atoms with Crippen LogP contribution in [0.3, 0.4) is 0 Å². The molecule has 0 unspecified atom stereocenters. The van der Waals surface area contributed by atoms with Gasteiger partial charge in [-0.1, -0.05) is 107 Å². The SMILES string of the molecule is COc1c(C(C)(C)C)cc(-c2cccc3c2ccn3P(Cl)n2ccc3c(-c4cc(C(C)(C)C)c(OC)c(C(C)(C)C)c4)cccc32)cc1C(C)(C)C. The van der Waals surface area contributed by atoms with E-state index in [1.54, 1.807) is 14.2 Å². The quantitative estimate of drug-likeness (QED) is 0.159. The highest BCUT2D eigenvalue weighted by Crippen LogP contribution is 2.52. The number of halogens is 1. The molecular formula is C46H56ClN2O2P. The van der Waals surface area contributed by atoms with Crippen molar-refractivity contribution in [3.05, 3.63) is 107 Å². The van der Waals surface area contributed by atoms with Crippen molar-refractivity contribution in [2.45, 2.75) is 105 Å². The van der Waals surface area contributed by atoms with E-state index in [0.717, 1.165) is 22.5 Å². The summed E-state index contributed by atoms with van der Waals surface area (Å²) in [4.78, 5) is 0. The molecule has 6 aromatic rings. The van der Waals surface area contributed by atoms with E-state index in [4.69, 9.17) is 20.7 Å². The van der Waals surface area contributed by atoms with Crippen LogP contribution in [0.5, 0.6) is 11.5 Å². The molecule has 4 aromatic carbocycles. The highest BCUT2D eigenvalue weighted by Gasteiger charge is 2.30. The molecular weight excluding hydrogens is 679 g/mol. The zero-order valence-corrected chi connectivity index (χ0v) is 35.3. The molecule has 2 heterocycles. The van der Waals surface area contributed by atoms with Crippen LogP contribution in [0, 0.1) is 0 Å². The molecule has 4 nitrogen and oxygen atoms in total. The maximum Gasteiger partial charge on any atom is 0.206 e. The molecule has 52 heavy (non-hydrogen) atoms. The van der Waals surface area contributed by atoms with Gasteiger partial charge in [-0.2, -0.15) is 0 Å². The van der Waals surface area contributed by atoms with E-state index in [-0.39, 0.29) is 21.7 Å². The van der Waals surface area contributed by atoms with Crippen molar-refractivity contribution in [1.82, 2.24) is 8.68 Å². The molecule has 0 aliphatic heterocycles. The van der Waals surface area contributed by atoms with Crippen molar-refractivity contribution in [1.29, 1.82) is 0 Å². The van der Waals surface area contributed by atoms with Gasteiger partial charge in [0.1, 0.15) is 11.5 Å². The summed E-state index contributed by atoms with van der Waals surface area (Å²) in [6.07, 6.45) is 4.30. The van der Waals surface area contributed by atoms with E-state index in [1.807, 2.05) is 0 Å². The van der Waals surface area contributed by atoms with Crippen LogP contribution in [0.1, 0.15) is 105 Å². The van der Waals surface area contributed by atoms with E-state index in [0.29, 0.717) is 0 Å². The van der Waals surface area contributed by atoms with Crippen LogP contribution in [-0.4, -0.2) is 22.9 Å². The van der Waals surface area contributed by atoms with Crippen LogP contribution < -0.4 is 9.47 Å². The Hall–Kier alpha value is -3.72. The molecule has 0 atom stereocenters. The van der Waals surface area contributed by atoms with Crippen LogP contribution in [0.15, 0.2) is 85.2 Å². The summed E-state index contributed by atoms with van der Waals surface area (Å²) in [5.41, 5.74) is 11.5. The largest absolute Gasteiger partial charge is 0.496 e. The fourth-order valence-corrected chi connectivity index (χ4v) is 9.50. The second-order valence-corrected chi connectivity index (χ2v) is 20.5. The molecule has 6 rings (SSSR count). The van der Waals surface area contributed by atoms with Crippen molar-refractivity contribution in [2.24, 2.45) is 0 Å². The highest BCUT2D eigenvalue weighted by atomic mass is 35.7. The van der Waals surface area contributed by atoms with Gasteiger partial charge in [0.15, 0.2) is 0 Å². The van der Waals surface area contributed by atoms with Crippen LogP contribution in [0.4, 0.5) is 0 Å². The minimum absolute atomic E-state index is 0.0889. The van der Waals surface area contributed by atoms with Gasteiger partial charge < -0.3 is 9.47 Å². The first kappa shape index (κ1) is 38.0. The Morgan fingerprint density at radius 2 is 0.788 bits per heavy atom. The number of rotatable bonds is 6. The molecule has 0 aliphatic rings. The zero-order valence-electron chi connectivity index (χ0n) is 33.6. The van der Waals surface area contributed by atoms with E-state index in [2.05, 4.69) is 177 Å². The van der Waals surface area contributed by atoms with E-state index in [1.165, 1.54) is 55.3 Å². The molecule has 0 N–H and O–H groups in total. The fourth-order valence-electron chi connectivity index (χ4n) is 7.44. The number of hydrogen-bond donors (Lipinski definition) is 0. The lowest BCUT2D eigenvalue weighted by Gasteiger charge is -2.30. The average molecular weight is 735 g/mol. The molecule has 0 saturated carbocycles. The predicted octanol–water partition coefficient (Wildman–Crippen LogP) is 14.0. The molecule has 0 fully saturated rings. The maximum atomic E-state index is 7.55. The summed E-state index contributed by atoms with van der Waals surface area (Å²) in [6, 6.07) is 26.9. The summed E-state index contributed by atoms with van der Waals surface area (Å²) < 4.78 is 16.6. The first-order valence-corrected chi connectivity index (χ1v) is 20.5. The fraction of sp³-hybridized carbons (Fsp3) is 0.391. The third-order valence-electron chi connectivity index (χ3n) is 10.2. The lowest BCUT2D eigenvalue weighted by Crippen LogP contribution is -2.19. The third-order valence-corrected chi connectivity index (χ3v) is 12.6. The lowest BCUT2D eigenvalue weighted by molar-refractivity contribution is 0.381. The summed E-state index contributed by atoms with van der Waals surface area (Å²) >= 11 is 7.55. The molecule has 2 aromatic heterocycles. The topological polar surface area (TPSA) is 28.3 Å². The number of ether oxygens (including phenoxy) is 2. The molecule has 0 saturated heterocycles. The molecule has 0 aliphatic carbocycles. The second-order valence-electron chi connectivity index (χ2n) is 18.2. The predicted molar refractivity (Wildman–Crippen MR) is 226 cm³/mol. The van der Waals surface area contributed by atoms with Crippen LogP contribution >= 0.6 is 18.8 Å². The van der Waals surface area contributed by atoms with Gasteiger partial charge in [0.2, 0.25) is 7.58 Å². The maximum absolute atomic E-state index is 7.55. The van der Waals surface area contributed by atoms with Crippen molar-refractivity contribution in [3.8, 4) is 33.8 Å². The van der Waals surface area contributed by atoms with Crippen molar-refractivity contribution in [2.75, 3.05) is 14.2 Å². The highest BCUT2D eigenvalue weighted by molar-refractivity contribution is 7.81. The van der Waals surface area contributed by atoms with E-state index in [9.17, 15) is 0 Å². The van der Waals surface area contributed by atoms with Gasteiger partial charge >= 0.3 is 0 Å². The zero-order chi connectivity index (χ0) is 38.1. The molecule has 6 heteroatoms. The van der Waals surface area contributed by atoms with Crippen LogP contribution in [0.2, 0.25) is 0 Å². The Morgan fingerprint density at radius 3 is 1.06 bits per heavy atom. The Morgan fingerprint density at radius 1 is 0.481 bits per heavy atom. The number of methoxy groups -OCH3 is 2. The van der Waals surface area contributed by atoms with E-state index >= 15 is 0 Å². The average Bonchev–Trinajstić information content (AvgIpc) is 3.70. The third kappa shape index (κ3) is 6.78. The summed E-state index contributed by atoms with van der Waals surface area (Å²) in [5.74, 6) is 1.96. The molecule has 0 amide bonds. The van der Waals surface area contributed by atoms with Crippen LogP contribution in [-0.2, 0) is 21.7 Å². The number of nitrogens with zero attached hydrogens (tertiary/aromatic N) is 2. The van der Waals surface area contributed by atoms with Gasteiger partial charge in [0.25, 0.3) is 0 Å². The first-order valence-electron chi connectivity index (χ1n) is 18.3. The number of aromatic nitrogens is 2. The Labute approximate surface area is 317 Å². The first-order chi connectivity index (χ1) is 24.2. The van der Waals surface area contributed by atoms with Crippen molar-refractivity contribution < 1.29 is 9.47 Å². The van der Waals surface area contributed by atoms with Crippen LogP contribution in [0.25, 0.3) is 44.1 Å². The van der Waals surface area contributed by atoms with Gasteiger partial charge in [0, 0.05) is 45.4 Å². The smallest absolute Gasteiger partial charge is 0.206 e. The van der Waals surface area contributed by atoms with Crippen molar-refractivity contribution >= 4 is 40.6 Å². The van der Waals surface area contributed by atoms with Gasteiger partial charge in [-0.25, -0.2) is 0 Å². The Kier molecular flexibility index (Phi) is 9.72. The van der Waals surface area contributed by atoms with Gasteiger partial charge in [0.05, 0.1) is 25.3 Å². The molecule has 0 bridgehead atoms. The second kappa shape index (κ2) is 13.3. The molecule has 0 radical (unpaired) electrons. The summed E-state index contributed by atoms with van der Waals surface area (Å²) in [6.45, 7) is 27.1. The monoisotopic (exact) mass is 734 g/mol. The Bertz CT molecular complexity index is 2050. The number of hydrogen-bond acceptors (Lipinski definition) is 2. The molecule has 274 valence electrons. The number of fused-ring (bicyclic) bond motifs is 2. The van der Waals surface area contributed by atoms with Gasteiger partial charge in [-0.05, 0) is 104 Å². The van der Waals surface area contributed by atoms with Gasteiger partial charge in [-0.15, -0.1) is 0 Å². The summed E-state index contributed by atoms with van der Waals surface area (Å²) in [7, 11) is 2.28. The number of benzene rings is 4. The minimum atomic E-state index is -1.31. The lowest BCUT2D eigenvalue weighted by atomic mass is 9.77. The Balaban J connectivity index is 1.48. The van der Waals surface area contributed by atoms with E-state index < -0.39 is 7.58 Å².